The Bertz CT molecular complexity index is 518. The van der Waals surface area contributed by atoms with Gasteiger partial charge in [-0.25, -0.2) is 0 Å². The van der Waals surface area contributed by atoms with Gasteiger partial charge in [0.2, 0.25) is 5.91 Å². The summed E-state index contributed by atoms with van der Waals surface area (Å²) in [5.74, 6) is 0.0888. The number of hydrogen-bond donors (Lipinski definition) is 2. The van der Waals surface area contributed by atoms with E-state index in [0.717, 1.165) is 16.8 Å². The number of nitrogens with one attached hydrogen (secondary N) is 2. The number of hydrogen-bond acceptors (Lipinski definition) is 3. The van der Waals surface area contributed by atoms with Crippen LogP contribution < -0.4 is 10.6 Å². The molecule has 0 aromatic heterocycles. The highest BCUT2D eigenvalue weighted by atomic mass is 32.2. The third kappa shape index (κ3) is 2.92. The first-order valence-electron chi connectivity index (χ1n) is 5.58. The number of carbonyl (C=O) groups excluding carboxylic acids is 2. The number of benzene rings is 1. The van der Waals surface area contributed by atoms with Crippen molar-refractivity contribution in [1.82, 2.24) is 5.32 Å². The van der Waals surface area contributed by atoms with Gasteiger partial charge in [-0.3, -0.25) is 9.59 Å². The Morgan fingerprint density at radius 2 is 2.06 bits per heavy atom. The van der Waals surface area contributed by atoms with Crippen molar-refractivity contribution in [3.63, 3.8) is 0 Å². The van der Waals surface area contributed by atoms with Crippen LogP contribution in [-0.2, 0) is 9.59 Å². The molecule has 1 aromatic rings. The van der Waals surface area contributed by atoms with Crippen molar-refractivity contribution in [2.75, 3.05) is 11.1 Å². The van der Waals surface area contributed by atoms with E-state index in [0.29, 0.717) is 10.8 Å². The van der Waals surface area contributed by atoms with Gasteiger partial charge in [0, 0.05) is 11.8 Å². The lowest BCUT2D eigenvalue weighted by Crippen LogP contribution is -2.17. The van der Waals surface area contributed by atoms with Crippen molar-refractivity contribution < 1.29 is 9.59 Å². The molecule has 18 heavy (non-hydrogen) atoms. The van der Waals surface area contributed by atoms with Crippen LogP contribution in [0.2, 0.25) is 0 Å². The fourth-order valence-electron chi connectivity index (χ4n) is 1.72. The van der Waals surface area contributed by atoms with Gasteiger partial charge in [-0.05, 0) is 25.0 Å². The molecular formula is C13H14N2O2S. The van der Waals surface area contributed by atoms with Crippen LogP contribution in [-0.4, -0.2) is 17.6 Å². The molecule has 0 spiro atoms. The number of carbonyl (C=O) groups is 2. The number of aryl methyl sites for hydroxylation is 2. The first-order chi connectivity index (χ1) is 8.56. The molecule has 0 saturated carbocycles. The minimum atomic E-state index is -0.225. The number of amides is 2. The maximum absolute atomic E-state index is 11.8. The molecule has 94 valence electrons. The monoisotopic (exact) mass is 262 g/mol. The molecule has 1 aliphatic heterocycles. The van der Waals surface area contributed by atoms with Crippen LogP contribution in [0, 0.1) is 13.8 Å². The van der Waals surface area contributed by atoms with Crippen LogP contribution >= 0.6 is 11.8 Å². The second-order valence-electron chi connectivity index (χ2n) is 4.10. The highest BCUT2D eigenvalue weighted by Gasteiger charge is 2.16. The summed E-state index contributed by atoms with van der Waals surface area (Å²) >= 11 is 1.34. The normalized spacial score (nSPS) is 16.8. The summed E-state index contributed by atoms with van der Waals surface area (Å²) in [6.45, 7) is 3.89. The largest absolute Gasteiger partial charge is 0.322 e. The zero-order chi connectivity index (χ0) is 13.1. The molecule has 2 rings (SSSR count). The summed E-state index contributed by atoms with van der Waals surface area (Å²) in [6.07, 6.45) is 1.42. The first kappa shape index (κ1) is 12.7. The molecule has 1 fully saturated rings. The molecule has 2 N–H and O–H groups in total. The third-order valence-corrected chi connectivity index (χ3v) is 3.55. The Balaban J connectivity index is 2.10. The second-order valence-corrected chi connectivity index (χ2v) is 5.12. The Kier molecular flexibility index (Phi) is 3.72. The summed E-state index contributed by atoms with van der Waals surface area (Å²) in [6, 6.07) is 5.84. The Morgan fingerprint density at radius 3 is 2.61 bits per heavy atom. The molecule has 1 saturated heterocycles. The second kappa shape index (κ2) is 5.27. The van der Waals surface area contributed by atoms with Crippen LogP contribution in [0.25, 0.3) is 0 Å². The standard InChI is InChI=1S/C13H14N2O2S/c1-8-4-3-5-9(2)13(8)15-10(16)6-12-14-11(17)7-18-12/h3-6H,7H2,1-2H3,(H,14,17)(H,15,16)/b12-6-. The number of para-hydroxylation sites is 1. The average Bonchev–Trinajstić information content (AvgIpc) is 2.69. The van der Waals surface area contributed by atoms with Crippen molar-refractivity contribution >= 4 is 29.3 Å². The van der Waals surface area contributed by atoms with E-state index in [4.69, 9.17) is 0 Å². The smallest absolute Gasteiger partial charge is 0.251 e. The highest BCUT2D eigenvalue weighted by molar-refractivity contribution is 8.04. The van der Waals surface area contributed by atoms with Crippen molar-refractivity contribution in [3.8, 4) is 0 Å². The molecule has 0 aliphatic carbocycles. The lowest BCUT2D eigenvalue weighted by Gasteiger charge is -2.09. The third-order valence-electron chi connectivity index (χ3n) is 2.61. The molecule has 0 radical (unpaired) electrons. The van der Waals surface area contributed by atoms with Gasteiger partial charge in [0.15, 0.2) is 0 Å². The molecule has 2 amide bonds. The predicted molar refractivity (Wildman–Crippen MR) is 73.2 cm³/mol. The van der Waals surface area contributed by atoms with E-state index in [1.807, 2.05) is 32.0 Å². The zero-order valence-electron chi connectivity index (χ0n) is 10.2. The Morgan fingerprint density at radius 1 is 1.39 bits per heavy atom. The molecule has 1 heterocycles. The van der Waals surface area contributed by atoms with Crippen LogP contribution in [0.5, 0.6) is 0 Å². The molecule has 0 atom stereocenters. The van der Waals surface area contributed by atoms with Crippen molar-refractivity contribution in [3.05, 3.63) is 40.4 Å². The summed E-state index contributed by atoms with van der Waals surface area (Å²) < 4.78 is 0. The van der Waals surface area contributed by atoms with E-state index in [1.54, 1.807) is 0 Å². The average molecular weight is 262 g/mol. The Labute approximate surface area is 110 Å². The van der Waals surface area contributed by atoms with Crippen molar-refractivity contribution in [2.24, 2.45) is 0 Å². The lowest BCUT2D eigenvalue weighted by molar-refractivity contribution is -0.117. The van der Waals surface area contributed by atoms with Gasteiger partial charge in [0.25, 0.3) is 5.91 Å². The number of anilines is 1. The van der Waals surface area contributed by atoms with Crippen molar-refractivity contribution in [2.45, 2.75) is 13.8 Å². The van der Waals surface area contributed by atoms with Crippen LogP contribution in [0.15, 0.2) is 29.3 Å². The molecule has 5 heteroatoms. The summed E-state index contributed by atoms with van der Waals surface area (Å²) in [7, 11) is 0. The maximum Gasteiger partial charge on any atom is 0.251 e. The fourth-order valence-corrected chi connectivity index (χ4v) is 2.46. The van der Waals surface area contributed by atoms with E-state index in [2.05, 4.69) is 10.6 Å². The molecule has 0 unspecified atom stereocenters. The van der Waals surface area contributed by atoms with E-state index in [1.165, 1.54) is 17.8 Å². The van der Waals surface area contributed by atoms with E-state index in [-0.39, 0.29) is 11.8 Å². The SMILES string of the molecule is Cc1cccc(C)c1NC(=O)/C=C1/NC(=O)CS1. The molecule has 1 aromatic carbocycles. The topological polar surface area (TPSA) is 58.2 Å². The Hall–Kier alpha value is -1.75. The quantitative estimate of drug-likeness (QED) is 0.801. The summed E-state index contributed by atoms with van der Waals surface area (Å²) in [5.41, 5.74) is 2.86. The zero-order valence-corrected chi connectivity index (χ0v) is 11.1. The van der Waals surface area contributed by atoms with E-state index in [9.17, 15) is 9.59 Å². The molecular weight excluding hydrogens is 248 g/mol. The van der Waals surface area contributed by atoms with Crippen molar-refractivity contribution in [1.29, 1.82) is 0 Å². The van der Waals surface area contributed by atoms with E-state index >= 15 is 0 Å². The summed E-state index contributed by atoms with van der Waals surface area (Å²) in [5, 5.41) is 6.07. The van der Waals surface area contributed by atoms with Gasteiger partial charge < -0.3 is 10.6 Å². The van der Waals surface area contributed by atoms with Gasteiger partial charge in [-0.2, -0.15) is 0 Å². The van der Waals surface area contributed by atoms with Crippen LogP contribution in [0.4, 0.5) is 5.69 Å². The molecule has 4 nitrogen and oxygen atoms in total. The lowest BCUT2D eigenvalue weighted by atomic mass is 10.1. The first-order valence-corrected chi connectivity index (χ1v) is 6.56. The van der Waals surface area contributed by atoms with Gasteiger partial charge in [0.05, 0.1) is 10.8 Å². The maximum atomic E-state index is 11.8. The fraction of sp³-hybridized carbons (Fsp3) is 0.231. The van der Waals surface area contributed by atoms with Gasteiger partial charge in [0.1, 0.15) is 0 Å². The number of rotatable bonds is 2. The van der Waals surface area contributed by atoms with Crippen LogP contribution in [0.3, 0.4) is 0 Å². The van der Waals surface area contributed by atoms with Crippen LogP contribution in [0.1, 0.15) is 11.1 Å². The predicted octanol–water partition coefficient (Wildman–Crippen LogP) is 1.95. The molecule has 0 bridgehead atoms. The highest BCUT2D eigenvalue weighted by Crippen LogP contribution is 2.21. The molecule has 1 aliphatic rings. The van der Waals surface area contributed by atoms with Gasteiger partial charge in [-0.1, -0.05) is 30.0 Å². The minimum Gasteiger partial charge on any atom is -0.322 e. The number of thioether (sulfide) groups is 1. The van der Waals surface area contributed by atoms with E-state index < -0.39 is 0 Å². The minimum absolute atomic E-state index is 0.0638. The van der Waals surface area contributed by atoms with Gasteiger partial charge in [-0.15, -0.1) is 0 Å². The summed E-state index contributed by atoms with van der Waals surface area (Å²) in [4.78, 5) is 22.8. The van der Waals surface area contributed by atoms with Gasteiger partial charge >= 0.3 is 0 Å².